The van der Waals surface area contributed by atoms with Crippen LogP contribution in [0.3, 0.4) is 0 Å². The van der Waals surface area contributed by atoms with Gasteiger partial charge in [0.25, 0.3) is 10.2 Å². The number of hydrogen-bond donors (Lipinski definition) is 1. The molecule has 1 N–H and O–H groups in total. The Labute approximate surface area is 150 Å². The Hall–Kier alpha value is -0.370. The molecule has 1 aliphatic heterocycles. The van der Waals surface area contributed by atoms with Gasteiger partial charge in [0.2, 0.25) is 0 Å². The molecule has 1 fully saturated rings. The van der Waals surface area contributed by atoms with Crippen LogP contribution in [-0.2, 0) is 10.2 Å². The van der Waals surface area contributed by atoms with Crippen LogP contribution in [0.1, 0.15) is 31.4 Å². The molecule has 0 amide bonds. The molecule has 1 aromatic carbocycles. The summed E-state index contributed by atoms with van der Waals surface area (Å²) in [6.07, 6.45) is 1.84. The minimum absolute atomic E-state index is 0. The second kappa shape index (κ2) is 9.20. The smallest absolute Gasteiger partial charge is 0.282 e. The molecule has 0 radical (unpaired) electrons. The highest BCUT2D eigenvalue weighted by Crippen LogP contribution is 2.28. The van der Waals surface area contributed by atoms with Gasteiger partial charge in [-0.2, -0.15) is 17.0 Å². The van der Waals surface area contributed by atoms with Crippen LogP contribution < -0.4 is 5.32 Å². The quantitative estimate of drug-likeness (QED) is 0.823. The number of nitrogens with zero attached hydrogens (tertiary/aromatic N) is 2. The van der Waals surface area contributed by atoms with Crippen LogP contribution in [0.25, 0.3) is 0 Å². The average Bonchev–Trinajstić information content (AvgIpc) is 2.52. The molecule has 23 heavy (non-hydrogen) atoms. The van der Waals surface area contributed by atoms with Gasteiger partial charge in [0, 0.05) is 38.2 Å². The Kier molecular flexibility index (Phi) is 8.27. The number of nitrogens with one attached hydrogen (secondary N) is 1. The topological polar surface area (TPSA) is 52.7 Å². The summed E-state index contributed by atoms with van der Waals surface area (Å²) in [5.41, 5.74) is 0.923. The first kappa shape index (κ1) is 20.7. The van der Waals surface area contributed by atoms with Crippen molar-refractivity contribution in [3.63, 3.8) is 0 Å². The minimum atomic E-state index is -3.46. The van der Waals surface area contributed by atoms with E-state index >= 15 is 0 Å². The van der Waals surface area contributed by atoms with Crippen molar-refractivity contribution >= 4 is 34.2 Å². The first-order valence-electron chi connectivity index (χ1n) is 7.66. The normalized spacial score (nSPS) is 19.6. The molecule has 8 heteroatoms. The Bertz CT molecular complexity index is 598. The summed E-state index contributed by atoms with van der Waals surface area (Å²) in [4.78, 5) is 0. The van der Waals surface area contributed by atoms with E-state index in [1.165, 1.54) is 4.31 Å². The SMILES string of the molecule is CCCCN(C)S(=O)(=O)N1CCNCC1c1cccc(Cl)c1.Cl. The van der Waals surface area contributed by atoms with Crippen LogP contribution in [0.15, 0.2) is 24.3 Å². The van der Waals surface area contributed by atoms with E-state index in [0.717, 1.165) is 18.4 Å². The lowest BCUT2D eigenvalue weighted by atomic mass is 10.1. The maximum absolute atomic E-state index is 12.9. The van der Waals surface area contributed by atoms with E-state index < -0.39 is 10.2 Å². The van der Waals surface area contributed by atoms with Crippen molar-refractivity contribution in [2.45, 2.75) is 25.8 Å². The Morgan fingerprint density at radius 2 is 2.17 bits per heavy atom. The van der Waals surface area contributed by atoms with Gasteiger partial charge in [-0.05, 0) is 24.1 Å². The zero-order valence-corrected chi connectivity index (χ0v) is 15.9. The summed E-state index contributed by atoms with van der Waals surface area (Å²) in [6.45, 7) is 4.33. The fourth-order valence-corrected chi connectivity index (χ4v) is 4.39. The Morgan fingerprint density at radius 3 is 2.83 bits per heavy atom. The molecule has 1 aliphatic rings. The summed E-state index contributed by atoms with van der Waals surface area (Å²) >= 11 is 6.06. The van der Waals surface area contributed by atoms with E-state index in [4.69, 9.17) is 11.6 Å². The van der Waals surface area contributed by atoms with Crippen molar-refractivity contribution in [1.29, 1.82) is 0 Å². The van der Waals surface area contributed by atoms with E-state index in [1.807, 2.05) is 18.2 Å². The molecular formula is C15H25Cl2N3O2S. The number of unbranched alkanes of at least 4 members (excludes halogenated alkanes) is 1. The number of hydrogen-bond acceptors (Lipinski definition) is 3. The van der Waals surface area contributed by atoms with E-state index in [0.29, 0.717) is 31.2 Å². The highest BCUT2D eigenvalue weighted by atomic mass is 35.5. The summed E-state index contributed by atoms with van der Waals surface area (Å²) < 4.78 is 28.7. The fraction of sp³-hybridized carbons (Fsp3) is 0.600. The molecule has 0 aromatic heterocycles. The highest BCUT2D eigenvalue weighted by molar-refractivity contribution is 7.86. The van der Waals surface area contributed by atoms with Crippen LogP contribution in [0, 0.1) is 0 Å². The standard InChI is InChI=1S/C15H24ClN3O2S.ClH/c1-3-4-9-18(2)22(20,21)19-10-8-17-12-15(19)13-6-5-7-14(16)11-13;/h5-7,11,15,17H,3-4,8-10,12H2,1-2H3;1H. The molecule has 5 nitrogen and oxygen atoms in total. The minimum Gasteiger partial charge on any atom is -0.313 e. The average molecular weight is 382 g/mol. The van der Waals surface area contributed by atoms with E-state index in [1.54, 1.807) is 17.4 Å². The molecule has 1 heterocycles. The third-order valence-electron chi connectivity index (χ3n) is 3.94. The zero-order valence-electron chi connectivity index (χ0n) is 13.5. The lowest BCUT2D eigenvalue weighted by Crippen LogP contribution is -2.52. The molecule has 1 saturated heterocycles. The maximum atomic E-state index is 12.9. The lowest BCUT2D eigenvalue weighted by Gasteiger charge is -2.37. The van der Waals surface area contributed by atoms with Crippen molar-refractivity contribution < 1.29 is 8.42 Å². The molecular weight excluding hydrogens is 357 g/mol. The van der Waals surface area contributed by atoms with Crippen LogP contribution in [0.2, 0.25) is 5.02 Å². The predicted octanol–water partition coefficient (Wildman–Crippen LogP) is 2.68. The predicted molar refractivity (Wildman–Crippen MR) is 97.5 cm³/mol. The highest BCUT2D eigenvalue weighted by Gasteiger charge is 2.35. The van der Waals surface area contributed by atoms with Crippen LogP contribution in [0.5, 0.6) is 0 Å². The van der Waals surface area contributed by atoms with E-state index in [2.05, 4.69) is 12.2 Å². The molecule has 0 bridgehead atoms. The molecule has 132 valence electrons. The zero-order chi connectivity index (χ0) is 16.2. The van der Waals surface area contributed by atoms with Crippen LogP contribution >= 0.6 is 24.0 Å². The monoisotopic (exact) mass is 381 g/mol. The molecule has 2 rings (SSSR count). The van der Waals surface area contributed by atoms with Gasteiger partial charge in [-0.25, -0.2) is 0 Å². The largest absolute Gasteiger partial charge is 0.313 e. The Balaban J connectivity index is 0.00000264. The maximum Gasteiger partial charge on any atom is 0.282 e. The molecule has 0 spiro atoms. The van der Waals surface area contributed by atoms with Crippen molar-refractivity contribution in [3.8, 4) is 0 Å². The van der Waals surface area contributed by atoms with Crippen molar-refractivity contribution in [2.75, 3.05) is 33.2 Å². The number of rotatable bonds is 6. The third-order valence-corrected chi connectivity index (χ3v) is 6.18. The first-order valence-corrected chi connectivity index (χ1v) is 9.43. The van der Waals surface area contributed by atoms with E-state index in [9.17, 15) is 8.42 Å². The van der Waals surface area contributed by atoms with Gasteiger partial charge in [-0.15, -0.1) is 12.4 Å². The summed E-state index contributed by atoms with van der Waals surface area (Å²) in [5, 5.41) is 3.89. The summed E-state index contributed by atoms with van der Waals surface area (Å²) in [6, 6.07) is 7.21. The molecule has 1 unspecified atom stereocenters. The van der Waals surface area contributed by atoms with Gasteiger partial charge < -0.3 is 5.32 Å². The van der Waals surface area contributed by atoms with Crippen LogP contribution in [-0.4, -0.2) is 50.3 Å². The van der Waals surface area contributed by atoms with Crippen molar-refractivity contribution in [1.82, 2.24) is 13.9 Å². The Morgan fingerprint density at radius 1 is 1.43 bits per heavy atom. The molecule has 0 saturated carbocycles. The lowest BCUT2D eigenvalue weighted by molar-refractivity contribution is 0.252. The summed E-state index contributed by atoms with van der Waals surface area (Å²) in [7, 11) is -1.81. The molecule has 1 aromatic rings. The number of benzene rings is 1. The summed E-state index contributed by atoms with van der Waals surface area (Å²) in [5.74, 6) is 0. The van der Waals surface area contributed by atoms with Gasteiger partial charge in [0.05, 0.1) is 6.04 Å². The number of halogens is 2. The van der Waals surface area contributed by atoms with Gasteiger partial charge in [0.15, 0.2) is 0 Å². The molecule has 1 atom stereocenters. The van der Waals surface area contributed by atoms with Crippen molar-refractivity contribution in [2.24, 2.45) is 0 Å². The second-order valence-corrected chi connectivity index (χ2v) is 7.99. The van der Waals surface area contributed by atoms with Crippen LogP contribution in [0.4, 0.5) is 0 Å². The van der Waals surface area contributed by atoms with Gasteiger partial charge >= 0.3 is 0 Å². The number of piperazine rings is 1. The van der Waals surface area contributed by atoms with Gasteiger partial charge in [-0.3, -0.25) is 0 Å². The third kappa shape index (κ3) is 5.05. The first-order chi connectivity index (χ1) is 10.5. The molecule has 0 aliphatic carbocycles. The fourth-order valence-electron chi connectivity index (χ4n) is 2.63. The van der Waals surface area contributed by atoms with E-state index in [-0.39, 0.29) is 18.4 Å². The van der Waals surface area contributed by atoms with Gasteiger partial charge in [-0.1, -0.05) is 37.1 Å². The second-order valence-electron chi connectivity index (χ2n) is 5.57. The van der Waals surface area contributed by atoms with Gasteiger partial charge in [0.1, 0.15) is 0 Å². The van der Waals surface area contributed by atoms with Crippen molar-refractivity contribution in [3.05, 3.63) is 34.9 Å².